The first-order valence-electron chi connectivity index (χ1n) is 8.42. The minimum Gasteiger partial charge on any atom is -0.361 e. The lowest BCUT2D eigenvalue weighted by molar-refractivity contribution is -0.385. The van der Waals surface area contributed by atoms with Crippen LogP contribution in [-0.2, 0) is 4.79 Å². The Morgan fingerprint density at radius 2 is 1.89 bits per heavy atom. The molecule has 0 saturated carbocycles. The molecule has 2 heterocycles. The van der Waals surface area contributed by atoms with E-state index in [1.165, 1.54) is 19.1 Å². The quantitative estimate of drug-likeness (QED) is 0.410. The zero-order chi connectivity index (χ0) is 20.0. The van der Waals surface area contributed by atoms with E-state index in [4.69, 9.17) is 0 Å². The highest BCUT2D eigenvalue weighted by atomic mass is 16.6. The van der Waals surface area contributed by atoms with E-state index in [-0.39, 0.29) is 11.1 Å². The number of aromatic amines is 1. The lowest BCUT2D eigenvalue weighted by atomic mass is 10.1. The summed E-state index contributed by atoms with van der Waals surface area (Å²) in [5, 5.41) is 14.7. The van der Waals surface area contributed by atoms with Gasteiger partial charge in [-0.3, -0.25) is 29.4 Å². The molecule has 0 fully saturated rings. The zero-order valence-corrected chi connectivity index (χ0v) is 14.6. The van der Waals surface area contributed by atoms with Gasteiger partial charge in [0.15, 0.2) is 0 Å². The van der Waals surface area contributed by atoms with E-state index in [0.717, 1.165) is 21.9 Å². The number of nitro groups is 1. The number of amides is 3. The van der Waals surface area contributed by atoms with Gasteiger partial charge in [-0.15, -0.1) is 0 Å². The Balaban J connectivity index is 1.64. The van der Waals surface area contributed by atoms with Gasteiger partial charge >= 0.3 is 0 Å². The number of carbonyl (C=O) groups excluding carboxylic acids is 3. The van der Waals surface area contributed by atoms with Crippen LogP contribution in [0.2, 0.25) is 0 Å². The fourth-order valence-corrected chi connectivity index (χ4v) is 3.34. The Morgan fingerprint density at radius 1 is 1.14 bits per heavy atom. The molecule has 9 nitrogen and oxygen atoms in total. The smallest absolute Gasteiger partial charge is 0.282 e. The SMILES string of the molecule is CC(C(=O)Nc1cccc2[nH]ccc12)N1C(=O)c2cccc([N+](=O)[O-])c2C1=O. The number of hydrogen-bond acceptors (Lipinski definition) is 5. The fourth-order valence-electron chi connectivity index (χ4n) is 3.34. The molecule has 0 saturated heterocycles. The summed E-state index contributed by atoms with van der Waals surface area (Å²) in [6.07, 6.45) is 1.73. The highest BCUT2D eigenvalue weighted by molar-refractivity contribution is 6.25. The van der Waals surface area contributed by atoms with Crippen LogP contribution in [0.25, 0.3) is 10.9 Å². The van der Waals surface area contributed by atoms with E-state index in [1.54, 1.807) is 24.4 Å². The van der Waals surface area contributed by atoms with Crippen LogP contribution in [0, 0.1) is 10.1 Å². The van der Waals surface area contributed by atoms with Gasteiger partial charge < -0.3 is 10.3 Å². The number of nitrogens with zero attached hydrogens (tertiary/aromatic N) is 2. The Bertz CT molecular complexity index is 1170. The van der Waals surface area contributed by atoms with Gasteiger partial charge in [-0.25, -0.2) is 0 Å². The van der Waals surface area contributed by atoms with Gasteiger partial charge in [0.05, 0.1) is 16.2 Å². The van der Waals surface area contributed by atoms with Crippen molar-refractivity contribution in [3.8, 4) is 0 Å². The molecule has 4 rings (SSSR count). The Labute approximate surface area is 158 Å². The van der Waals surface area contributed by atoms with Crippen LogP contribution in [0.5, 0.6) is 0 Å². The van der Waals surface area contributed by atoms with Gasteiger partial charge in [-0.2, -0.15) is 0 Å². The molecular formula is C19H14N4O5. The molecule has 1 atom stereocenters. The van der Waals surface area contributed by atoms with E-state index in [1.807, 2.05) is 6.07 Å². The van der Waals surface area contributed by atoms with Crippen molar-refractivity contribution in [2.75, 3.05) is 5.32 Å². The maximum atomic E-state index is 12.7. The van der Waals surface area contributed by atoms with Crippen molar-refractivity contribution in [1.29, 1.82) is 0 Å². The number of aromatic nitrogens is 1. The Hall–Kier alpha value is -4.01. The predicted molar refractivity (Wildman–Crippen MR) is 100.0 cm³/mol. The number of anilines is 1. The summed E-state index contributed by atoms with van der Waals surface area (Å²) in [4.78, 5) is 52.4. The number of hydrogen-bond donors (Lipinski definition) is 2. The molecule has 3 amide bonds. The molecule has 1 aliphatic rings. The van der Waals surface area contributed by atoms with Gasteiger partial charge in [0.1, 0.15) is 11.6 Å². The molecule has 2 aromatic carbocycles. The molecule has 0 spiro atoms. The minimum absolute atomic E-state index is 0.0772. The Morgan fingerprint density at radius 3 is 2.64 bits per heavy atom. The molecule has 28 heavy (non-hydrogen) atoms. The number of carbonyl (C=O) groups is 3. The lowest BCUT2D eigenvalue weighted by Crippen LogP contribution is -2.45. The van der Waals surface area contributed by atoms with Crippen LogP contribution in [0.1, 0.15) is 27.6 Å². The van der Waals surface area contributed by atoms with Crippen molar-refractivity contribution >= 4 is 40.0 Å². The third-order valence-corrected chi connectivity index (χ3v) is 4.74. The van der Waals surface area contributed by atoms with Crippen molar-refractivity contribution in [2.24, 2.45) is 0 Å². The Kier molecular flexibility index (Phi) is 3.92. The molecule has 140 valence electrons. The summed E-state index contributed by atoms with van der Waals surface area (Å²) >= 11 is 0. The summed E-state index contributed by atoms with van der Waals surface area (Å²) in [6, 6.07) is 9.78. The lowest BCUT2D eigenvalue weighted by Gasteiger charge is -2.21. The maximum absolute atomic E-state index is 12.7. The minimum atomic E-state index is -1.15. The monoisotopic (exact) mass is 378 g/mol. The first kappa shape index (κ1) is 17.4. The number of rotatable bonds is 4. The summed E-state index contributed by atoms with van der Waals surface area (Å²) in [5.74, 6) is -2.16. The summed E-state index contributed by atoms with van der Waals surface area (Å²) in [5.41, 5.74) is 0.527. The van der Waals surface area contributed by atoms with E-state index in [2.05, 4.69) is 10.3 Å². The summed E-state index contributed by atoms with van der Waals surface area (Å²) < 4.78 is 0. The topological polar surface area (TPSA) is 125 Å². The van der Waals surface area contributed by atoms with E-state index in [9.17, 15) is 24.5 Å². The first-order chi connectivity index (χ1) is 13.4. The van der Waals surface area contributed by atoms with Gasteiger partial charge in [0, 0.05) is 23.2 Å². The number of nitrogens with one attached hydrogen (secondary N) is 2. The molecule has 9 heteroatoms. The third kappa shape index (κ3) is 2.52. The average Bonchev–Trinajstić information content (AvgIpc) is 3.25. The fraction of sp³-hybridized carbons (Fsp3) is 0.105. The van der Waals surface area contributed by atoms with Gasteiger partial charge in [-0.05, 0) is 31.2 Å². The molecule has 1 unspecified atom stereocenters. The van der Waals surface area contributed by atoms with Crippen LogP contribution < -0.4 is 5.32 Å². The summed E-state index contributed by atoms with van der Waals surface area (Å²) in [7, 11) is 0. The molecule has 0 bridgehead atoms. The molecule has 0 radical (unpaired) electrons. The van der Waals surface area contributed by atoms with E-state index >= 15 is 0 Å². The second-order valence-electron chi connectivity index (χ2n) is 6.35. The van der Waals surface area contributed by atoms with Crippen molar-refractivity contribution in [3.63, 3.8) is 0 Å². The molecule has 0 aliphatic carbocycles. The van der Waals surface area contributed by atoms with Crippen LogP contribution in [-0.4, -0.2) is 38.6 Å². The zero-order valence-electron chi connectivity index (χ0n) is 14.6. The highest BCUT2D eigenvalue weighted by Gasteiger charge is 2.44. The van der Waals surface area contributed by atoms with Crippen LogP contribution in [0.15, 0.2) is 48.7 Å². The molecule has 2 N–H and O–H groups in total. The van der Waals surface area contributed by atoms with Crippen LogP contribution >= 0.6 is 0 Å². The van der Waals surface area contributed by atoms with Crippen molar-refractivity contribution < 1.29 is 19.3 Å². The normalized spacial score (nSPS) is 14.2. The predicted octanol–water partition coefficient (Wildman–Crippen LogP) is 2.70. The second-order valence-corrected chi connectivity index (χ2v) is 6.35. The first-order valence-corrected chi connectivity index (χ1v) is 8.42. The summed E-state index contributed by atoms with van der Waals surface area (Å²) in [6.45, 7) is 1.40. The largest absolute Gasteiger partial charge is 0.361 e. The average molecular weight is 378 g/mol. The van der Waals surface area contributed by atoms with Gasteiger partial charge in [0.2, 0.25) is 5.91 Å². The standard InChI is InChI=1S/C19H14N4O5/c1-10(17(24)21-14-6-3-5-13-11(14)8-9-20-13)22-18(25)12-4-2-7-15(23(27)28)16(12)19(22)26/h2-10,20H,1H3,(H,21,24). The number of benzene rings is 2. The van der Waals surface area contributed by atoms with Crippen molar-refractivity contribution in [3.05, 3.63) is 69.9 Å². The number of imide groups is 1. The van der Waals surface area contributed by atoms with Crippen LogP contribution in [0.4, 0.5) is 11.4 Å². The maximum Gasteiger partial charge on any atom is 0.282 e. The van der Waals surface area contributed by atoms with E-state index < -0.39 is 34.4 Å². The van der Waals surface area contributed by atoms with E-state index in [0.29, 0.717) is 5.69 Å². The van der Waals surface area contributed by atoms with Gasteiger partial charge in [-0.1, -0.05) is 12.1 Å². The number of fused-ring (bicyclic) bond motifs is 2. The number of nitro benzene ring substituents is 1. The van der Waals surface area contributed by atoms with Crippen LogP contribution in [0.3, 0.4) is 0 Å². The van der Waals surface area contributed by atoms with Crippen molar-refractivity contribution in [1.82, 2.24) is 9.88 Å². The number of H-pyrrole nitrogens is 1. The molecule has 1 aliphatic heterocycles. The highest BCUT2D eigenvalue weighted by Crippen LogP contribution is 2.32. The molecular weight excluding hydrogens is 364 g/mol. The molecule has 3 aromatic rings. The molecule has 1 aromatic heterocycles. The second kappa shape index (κ2) is 6.31. The third-order valence-electron chi connectivity index (χ3n) is 4.74. The van der Waals surface area contributed by atoms with Gasteiger partial charge in [0.25, 0.3) is 17.5 Å². The van der Waals surface area contributed by atoms with Crippen molar-refractivity contribution in [2.45, 2.75) is 13.0 Å².